The van der Waals surface area contributed by atoms with Crippen LogP contribution in [0.1, 0.15) is 84.0 Å². The molecule has 0 aliphatic carbocycles. The standard InChI is InChI=1S/C23H50N2.2BrH/c1-7-9-10-11-12-13-14-15-16-17-22-25(6,20-8-2)23-19-18-21-24(3,4)5;;/h8H,2,7,9-23H2,1,3-6H3;2*1H/q+2;;/p-2. The second-order valence-electron chi connectivity index (χ2n) is 9.44. The van der Waals surface area contributed by atoms with E-state index in [2.05, 4.69) is 47.8 Å². The topological polar surface area (TPSA) is 0 Å². The Bertz CT molecular complexity index is 316. The predicted octanol–water partition coefficient (Wildman–Crippen LogP) is 0.0343. The zero-order valence-electron chi connectivity index (χ0n) is 19.2. The van der Waals surface area contributed by atoms with E-state index in [4.69, 9.17) is 0 Å². The second-order valence-corrected chi connectivity index (χ2v) is 9.44. The molecule has 0 aliphatic rings. The van der Waals surface area contributed by atoms with Crippen molar-refractivity contribution < 1.29 is 42.9 Å². The van der Waals surface area contributed by atoms with Crippen LogP contribution in [-0.2, 0) is 0 Å². The van der Waals surface area contributed by atoms with Crippen LogP contribution in [-0.4, -0.2) is 63.3 Å². The minimum Gasteiger partial charge on any atom is -1.00 e. The van der Waals surface area contributed by atoms with Crippen molar-refractivity contribution in [2.75, 3.05) is 54.4 Å². The molecule has 0 amide bonds. The molecule has 0 aromatic rings. The fraction of sp³-hybridized carbons (Fsp3) is 0.913. The van der Waals surface area contributed by atoms with Crippen LogP contribution in [0.3, 0.4) is 0 Å². The SMILES string of the molecule is C=CC[N+](C)(CCCCCCCCCCCC)CCCC[N+](C)(C)C.[Br-].[Br-]. The molecule has 27 heavy (non-hydrogen) atoms. The number of unbranched alkanes of at least 4 members (excludes halogenated alkanes) is 10. The largest absolute Gasteiger partial charge is 1.00 e. The quantitative estimate of drug-likeness (QED) is 0.138. The summed E-state index contributed by atoms with van der Waals surface area (Å²) in [6.45, 7) is 11.3. The van der Waals surface area contributed by atoms with Gasteiger partial charge in [-0.05, 0) is 18.9 Å². The van der Waals surface area contributed by atoms with Gasteiger partial charge in [-0.2, -0.15) is 0 Å². The fourth-order valence-electron chi connectivity index (χ4n) is 3.67. The van der Waals surface area contributed by atoms with Crippen molar-refractivity contribution >= 4 is 0 Å². The van der Waals surface area contributed by atoms with Crippen LogP contribution >= 0.6 is 0 Å². The third-order valence-electron chi connectivity index (χ3n) is 5.40. The molecule has 0 saturated heterocycles. The van der Waals surface area contributed by atoms with Crippen molar-refractivity contribution in [2.24, 2.45) is 0 Å². The molecule has 0 radical (unpaired) electrons. The smallest absolute Gasteiger partial charge is 0.0969 e. The Labute approximate surface area is 193 Å². The summed E-state index contributed by atoms with van der Waals surface area (Å²) in [5.74, 6) is 0. The first-order valence-electron chi connectivity index (χ1n) is 11.1. The first kappa shape index (κ1) is 32.3. The van der Waals surface area contributed by atoms with E-state index in [1.54, 1.807) is 0 Å². The highest BCUT2D eigenvalue weighted by Crippen LogP contribution is 2.14. The number of likely N-dealkylation sites (N-methyl/N-ethyl adjacent to an activating group) is 1. The van der Waals surface area contributed by atoms with Gasteiger partial charge in [-0.15, -0.1) is 0 Å². The van der Waals surface area contributed by atoms with E-state index in [1.807, 2.05) is 0 Å². The van der Waals surface area contributed by atoms with E-state index < -0.39 is 0 Å². The van der Waals surface area contributed by atoms with Crippen LogP contribution in [0.5, 0.6) is 0 Å². The van der Waals surface area contributed by atoms with Crippen molar-refractivity contribution in [1.82, 2.24) is 0 Å². The minimum atomic E-state index is 0. The number of hydrogen-bond acceptors (Lipinski definition) is 0. The summed E-state index contributed by atoms with van der Waals surface area (Å²) in [4.78, 5) is 0. The molecule has 0 aromatic heterocycles. The van der Waals surface area contributed by atoms with Gasteiger partial charge >= 0.3 is 0 Å². The molecule has 0 fully saturated rings. The van der Waals surface area contributed by atoms with E-state index >= 15 is 0 Å². The number of nitrogens with zero attached hydrogens (tertiary/aromatic N) is 2. The maximum Gasteiger partial charge on any atom is 0.0969 e. The molecule has 0 rings (SSSR count). The van der Waals surface area contributed by atoms with Gasteiger partial charge in [-0.3, -0.25) is 0 Å². The van der Waals surface area contributed by atoms with Gasteiger partial charge in [0, 0.05) is 12.8 Å². The maximum absolute atomic E-state index is 3.99. The Morgan fingerprint density at radius 2 is 0.963 bits per heavy atom. The average molecular weight is 514 g/mol. The lowest BCUT2D eigenvalue weighted by Crippen LogP contribution is -3.00. The molecular weight excluding hydrogens is 464 g/mol. The Balaban J connectivity index is -0.00000288. The highest BCUT2D eigenvalue weighted by molar-refractivity contribution is 4.65. The molecule has 0 saturated carbocycles. The molecular formula is C23H50Br2N2. The van der Waals surface area contributed by atoms with E-state index in [9.17, 15) is 0 Å². The summed E-state index contributed by atoms with van der Waals surface area (Å²) in [5, 5.41) is 0. The van der Waals surface area contributed by atoms with Gasteiger partial charge < -0.3 is 42.9 Å². The van der Waals surface area contributed by atoms with E-state index in [-0.39, 0.29) is 34.0 Å². The Morgan fingerprint density at radius 3 is 1.37 bits per heavy atom. The molecule has 0 aromatic carbocycles. The molecule has 0 N–H and O–H groups in total. The highest BCUT2D eigenvalue weighted by Gasteiger charge is 2.19. The van der Waals surface area contributed by atoms with Crippen LogP contribution in [0.25, 0.3) is 0 Å². The Hall–Kier alpha value is 0.620. The fourth-order valence-corrected chi connectivity index (χ4v) is 3.67. The summed E-state index contributed by atoms with van der Waals surface area (Å²) in [6, 6.07) is 0. The highest BCUT2D eigenvalue weighted by atomic mass is 79.9. The van der Waals surface area contributed by atoms with Gasteiger partial charge in [-0.1, -0.05) is 64.9 Å². The van der Waals surface area contributed by atoms with Gasteiger partial charge in [0.2, 0.25) is 0 Å². The van der Waals surface area contributed by atoms with Crippen molar-refractivity contribution in [1.29, 1.82) is 0 Å². The first-order valence-corrected chi connectivity index (χ1v) is 11.1. The lowest BCUT2D eigenvalue weighted by molar-refractivity contribution is -0.905. The summed E-state index contributed by atoms with van der Waals surface area (Å²) >= 11 is 0. The second kappa shape index (κ2) is 19.9. The van der Waals surface area contributed by atoms with Crippen LogP contribution < -0.4 is 34.0 Å². The summed E-state index contributed by atoms with van der Waals surface area (Å²) in [5.41, 5.74) is 0. The van der Waals surface area contributed by atoms with Gasteiger partial charge in [0.25, 0.3) is 0 Å². The van der Waals surface area contributed by atoms with Crippen LogP contribution in [0, 0.1) is 0 Å². The summed E-state index contributed by atoms with van der Waals surface area (Å²) in [7, 11) is 9.31. The molecule has 2 nitrogen and oxygen atoms in total. The molecule has 166 valence electrons. The molecule has 0 aliphatic heterocycles. The van der Waals surface area contributed by atoms with Crippen molar-refractivity contribution in [3.05, 3.63) is 12.7 Å². The maximum atomic E-state index is 3.99. The normalized spacial score (nSPS) is 13.4. The minimum absolute atomic E-state index is 0. The first-order chi connectivity index (χ1) is 11.8. The molecule has 1 atom stereocenters. The van der Waals surface area contributed by atoms with Crippen LogP contribution in [0.2, 0.25) is 0 Å². The molecule has 1 unspecified atom stereocenters. The third-order valence-corrected chi connectivity index (χ3v) is 5.40. The van der Waals surface area contributed by atoms with Gasteiger partial charge in [0.1, 0.15) is 0 Å². The zero-order valence-corrected chi connectivity index (χ0v) is 22.4. The van der Waals surface area contributed by atoms with Gasteiger partial charge in [0.15, 0.2) is 0 Å². The van der Waals surface area contributed by atoms with E-state index in [0.29, 0.717) is 0 Å². The van der Waals surface area contributed by atoms with E-state index in [1.165, 1.54) is 101 Å². The van der Waals surface area contributed by atoms with E-state index in [0.717, 1.165) is 11.0 Å². The van der Waals surface area contributed by atoms with Crippen LogP contribution in [0.4, 0.5) is 0 Å². The lowest BCUT2D eigenvalue weighted by Gasteiger charge is -2.34. The van der Waals surface area contributed by atoms with Crippen molar-refractivity contribution in [3.8, 4) is 0 Å². The molecule has 0 spiro atoms. The number of halogens is 2. The molecule has 0 bridgehead atoms. The molecule has 0 heterocycles. The zero-order chi connectivity index (χ0) is 19.0. The number of rotatable bonds is 18. The third kappa shape index (κ3) is 22.8. The number of hydrogen-bond donors (Lipinski definition) is 0. The van der Waals surface area contributed by atoms with Crippen molar-refractivity contribution in [3.63, 3.8) is 0 Å². The number of quaternary nitrogens is 2. The van der Waals surface area contributed by atoms with Gasteiger partial charge in [-0.25, -0.2) is 0 Å². The average Bonchev–Trinajstić information content (AvgIpc) is 2.53. The van der Waals surface area contributed by atoms with Crippen molar-refractivity contribution in [2.45, 2.75) is 84.0 Å². The lowest BCUT2D eigenvalue weighted by atomic mass is 10.1. The molecule has 4 heteroatoms. The monoisotopic (exact) mass is 512 g/mol. The predicted molar refractivity (Wildman–Crippen MR) is 115 cm³/mol. The van der Waals surface area contributed by atoms with Crippen LogP contribution in [0.15, 0.2) is 12.7 Å². The Morgan fingerprint density at radius 1 is 0.593 bits per heavy atom. The van der Waals surface area contributed by atoms with Gasteiger partial charge in [0.05, 0.1) is 54.4 Å². The summed E-state index contributed by atoms with van der Waals surface area (Å²) < 4.78 is 2.28. The summed E-state index contributed by atoms with van der Waals surface area (Å²) in [6.07, 6.45) is 19.1. The Kier molecular flexibility index (Phi) is 23.8.